The van der Waals surface area contributed by atoms with Gasteiger partial charge in [0, 0.05) is 18.7 Å². The molecule has 2 N–H and O–H groups in total. The highest BCUT2D eigenvalue weighted by atomic mass is 16.5. The first-order valence-corrected chi connectivity index (χ1v) is 10.8. The van der Waals surface area contributed by atoms with Gasteiger partial charge in [-0.15, -0.1) is 0 Å². The normalized spacial score (nSPS) is 17.9. The van der Waals surface area contributed by atoms with Crippen LogP contribution in [0.5, 0.6) is 11.5 Å². The molecule has 32 heavy (non-hydrogen) atoms. The number of likely N-dealkylation sites (N-methyl/N-ethyl adjacent to an activating group) is 1. The Balaban J connectivity index is 2.10. The van der Waals surface area contributed by atoms with E-state index in [1.54, 1.807) is 37.4 Å². The predicted molar refractivity (Wildman–Crippen MR) is 123 cm³/mol. The minimum absolute atomic E-state index is 0.0461. The van der Waals surface area contributed by atoms with Crippen molar-refractivity contribution in [1.29, 1.82) is 0 Å². The number of hydrogen-bond donors (Lipinski definition) is 2. The fourth-order valence-electron chi connectivity index (χ4n) is 4.08. The molecule has 7 nitrogen and oxygen atoms in total. The number of nitrogens with zero attached hydrogens (tertiary/aromatic N) is 2. The maximum Gasteiger partial charge on any atom is 0.295 e. The molecule has 1 heterocycles. The summed E-state index contributed by atoms with van der Waals surface area (Å²) in [5.41, 5.74) is 1.93. The number of aromatic hydroxyl groups is 1. The van der Waals surface area contributed by atoms with Gasteiger partial charge < -0.3 is 24.7 Å². The zero-order valence-electron chi connectivity index (χ0n) is 19.0. The van der Waals surface area contributed by atoms with Gasteiger partial charge in [0.2, 0.25) is 0 Å². The Morgan fingerprint density at radius 2 is 1.75 bits per heavy atom. The van der Waals surface area contributed by atoms with E-state index in [0.717, 1.165) is 18.7 Å². The van der Waals surface area contributed by atoms with Gasteiger partial charge in [0.15, 0.2) is 0 Å². The average molecular weight is 439 g/mol. The van der Waals surface area contributed by atoms with Crippen molar-refractivity contribution in [2.45, 2.75) is 26.8 Å². The number of rotatable bonds is 8. The van der Waals surface area contributed by atoms with Gasteiger partial charge in [-0.05, 0) is 61.5 Å². The smallest absolute Gasteiger partial charge is 0.295 e. The molecule has 1 amide bonds. The SMILES string of the molecule is CCN(CC)CCN1C(=O)C(=O)/C(=C(\O)c2ccc(OC)c(C)c2)C1c1ccc(O)cc1. The van der Waals surface area contributed by atoms with Gasteiger partial charge in [0.05, 0.1) is 18.7 Å². The third-order valence-electron chi connectivity index (χ3n) is 5.97. The number of Topliss-reactive ketones (excluding diaryl/α,β-unsaturated/α-hetero) is 1. The minimum atomic E-state index is -0.742. The van der Waals surface area contributed by atoms with E-state index in [1.165, 1.54) is 17.0 Å². The molecule has 0 bridgehead atoms. The van der Waals surface area contributed by atoms with E-state index in [0.29, 0.717) is 30.0 Å². The summed E-state index contributed by atoms with van der Waals surface area (Å²) in [6.45, 7) is 8.54. The van der Waals surface area contributed by atoms with E-state index < -0.39 is 17.7 Å². The second-order valence-electron chi connectivity index (χ2n) is 7.80. The second kappa shape index (κ2) is 9.87. The number of aliphatic hydroxyl groups is 1. The van der Waals surface area contributed by atoms with Crippen LogP contribution in [0.25, 0.3) is 5.76 Å². The quantitative estimate of drug-likeness (QED) is 0.373. The molecule has 170 valence electrons. The fraction of sp³-hybridized carbons (Fsp3) is 0.360. The molecule has 0 aromatic heterocycles. The van der Waals surface area contributed by atoms with E-state index in [4.69, 9.17) is 4.74 Å². The van der Waals surface area contributed by atoms with Crippen molar-refractivity contribution < 1.29 is 24.5 Å². The zero-order chi connectivity index (χ0) is 23.4. The molecule has 1 fully saturated rings. The predicted octanol–water partition coefficient (Wildman–Crippen LogP) is 3.47. The number of carbonyl (C=O) groups is 2. The molecule has 2 aromatic carbocycles. The standard InChI is InChI=1S/C25H30N2O5/c1-5-26(6-2)13-14-27-22(17-7-10-19(28)11-8-17)21(24(30)25(27)31)23(29)18-9-12-20(32-4)16(3)15-18/h7-12,15,22,28-29H,5-6,13-14H2,1-4H3/b23-21-. The van der Waals surface area contributed by atoms with Gasteiger partial charge in [-0.25, -0.2) is 0 Å². The molecule has 1 saturated heterocycles. The first kappa shape index (κ1) is 23.3. The average Bonchev–Trinajstić information content (AvgIpc) is 3.04. The van der Waals surface area contributed by atoms with Gasteiger partial charge in [-0.1, -0.05) is 26.0 Å². The molecule has 1 unspecified atom stereocenters. The van der Waals surface area contributed by atoms with Crippen molar-refractivity contribution in [3.8, 4) is 11.5 Å². The van der Waals surface area contributed by atoms with Crippen LogP contribution in [0, 0.1) is 6.92 Å². The highest BCUT2D eigenvalue weighted by molar-refractivity contribution is 6.46. The summed E-state index contributed by atoms with van der Waals surface area (Å²) in [6, 6.07) is 10.7. The third kappa shape index (κ3) is 4.48. The number of carbonyl (C=O) groups excluding carboxylic acids is 2. The number of hydrogen-bond acceptors (Lipinski definition) is 6. The van der Waals surface area contributed by atoms with Gasteiger partial charge in [-0.2, -0.15) is 0 Å². The monoisotopic (exact) mass is 438 g/mol. The van der Waals surface area contributed by atoms with Crippen molar-refractivity contribution in [2.24, 2.45) is 0 Å². The van der Waals surface area contributed by atoms with Crippen LogP contribution in [0.4, 0.5) is 0 Å². The highest BCUT2D eigenvalue weighted by Crippen LogP contribution is 2.40. The minimum Gasteiger partial charge on any atom is -0.508 e. The third-order valence-corrected chi connectivity index (χ3v) is 5.97. The number of likely N-dealkylation sites (tertiary alicyclic amines) is 1. The lowest BCUT2D eigenvalue weighted by molar-refractivity contribution is -0.140. The number of methoxy groups -OCH3 is 1. The summed E-state index contributed by atoms with van der Waals surface area (Å²) in [4.78, 5) is 29.8. The van der Waals surface area contributed by atoms with E-state index in [1.807, 2.05) is 20.8 Å². The summed E-state index contributed by atoms with van der Waals surface area (Å²) >= 11 is 0. The summed E-state index contributed by atoms with van der Waals surface area (Å²) in [6.07, 6.45) is 0. The Morgan fingerprint density at radius 1 is 1.09 bits per heavy atom. The second-order valence-corrected chi connectivity index (χ2v) is 7.80. The van der Waals surface area contributed by atoms with Crippen LogP contribution in [0.15, 0.2) is 48.0 Å². The first-order valence-electron chi connectivity index (χ1n) is 10.8. The molecule has 0 saturated carbocycles. The molecule has 0 spiro atoms. The lowest BCUT2D eigenvalue weighted by Crippen LogP contribution is -2.38. The topological polar surface area (TPSA) is 90.3 Å². The number of amides is 1. The zero-order valence-corrected chi connectivity index (χ0v) is 19.0. The van der Waals surface area contributed by atoms with Crippen molar-refractivity contribution >= 4 is 17.4 Å². The maximum absolute atomic E-state index is 13.1. The Morgan fingerprint density at radius 3 is 2.31 bits per heavy atom. The molecule has 3 rings (SSSR count). The van der Waals surface area contributed by atoms with Crippen LogP contribution >= 0.6 is 0 Å². The van der Waals surface area contributed by atoms with Gasteiger partial charge >= 0.3 is 0 Å². The summed E-state index contributed by atoms with van der Waals surface area (Å²) in [5, 5.41) is 20.9. The molecule has 1 aliphatic heterocycles. The van der Waals surface area contributed by atoms with Crippen LogP contribution in [-0.4, -0.2) is 65.0 Å². The summed E-state index contributed by atoms with van der Waals surface area (Å²) < 4.78 is 5.28. The van der Waals surface area contributed by atoms with Crippen molar-refractivity contribution in [1.82, 2.24) is 9.80 Å². The van der Waals surface area contributed by atoms with Crippen LogP contribution < -0.4 is 4.74 Å². The summed E-state index contributed by atoms with van der Waals surface area (Å²) in [7, 11) is 1.56. The largest absolute Gasteiger partial charge is 0.508 e. The van der Waals surface area contributed by atoms with Crippen molar-refractivity contribution in [3.63, 3.8) is 0 Å². The Hall–Kier alpha value is -3.32. The Kier molecular flexibility index (Phi) is 7.20. The summed E-state index contributed by atoms with van der Waals surface area (Å²) in [5.74, 6) is -0.830. The van der Waals surface area contributed by atoms with Crippen molar-refractivity contribution in [3.05, 3.63) is 64.7 Å². The van der Waals surface area contributed by atoms with Gasteiger partial charge in [-0.3, -0.25) is 9.59 Å². The molecule has 7 heteroatoms. The lowest BCUT2D eigenvalue weighted by Gasteiger charge is -2.28. The Bertz CT molecular complexity index is 1030. The van der Waals surface area contributed by atoms with Crippen LogP contribution in [0.1, 0.15) is 36.6 Å². The molecule has 1 aliphatic rings. The highest BCUT2D eigenvalue weighted by Gasteiger charge is 2.46. The van der Waals surface area contributed by atoms with E-state index in [9.17, 15) is 19.8 Å². The van der Waals surface area contributed by atoms with Crippen LogP contribution in [0.2, 0.25) is 0 Å². The molecule has 0 aliphatic carbocycles. The van der Waals surface area contributed by atoms with E-state index in [2.05, 4.69) is 4.90 Å². The number of aryl methyl sites for hydroxylation is 1. The van der Waals surface area contributed by atoms with Gasteiger partial charge in [0.1, 0.15) is 17.3 Å². The number of phenolic OH excluding ortho intramolecular Hbond substituents is 1. The van der Waals surface area contributed by atoms with E-state index >= 15 is 0 Å². The number of aliphatic hydroxyl groups excluding tert-OH is 1. The Labute approximate surface area is 188 Å². The number of ether oxygens (including phenoxy) is 1. The molecular formula is C25H30N2O5. The van der Waals surface area contributed by atoms with Crippen LogP contribution in [0.3, 0.4) is 0 Å². The number of phenols is 1. The fourth-order valence-corrected chi connectivity index (χ4v) is 4.08. The first-order chi connectivity index (χ1) is 15.3. The molecule has 1 atom stereocenters. The number of ketones is 1. The lowest BCUT2D eigenvalue weighted by atomic mass is 9.94. The van der Waals surface area contributed by atoms with Gasteiger partial charge in [0.25, 0.3) is 11.7 Å². The van der Waals surface area contributed by atoms with E-state index in [-0.39, 0.29) is 17.1 Å². The molecule has 0 radical (unpaired) electrons. The molecule has 2 aromatic rings. The molecular weight excluding hydrogens is 408 g/mol. The van der Waals surface area contributed by atoms with Crippen LogP contribution in [-0.2, 0) is 9.59 Å². The van der Waals surface area contributed by atoms with Crippen molar-refractivity contribution in [2.75, 3.05) is 33.3 Å². The maximum atomic E-state index is 13.1. The number of benzene rings is 2.